The summed E-state index contributed by atoms with van der Waals surface area (Å²) in [5.74, 6) is -0.910. The summed E-state index contributed by atoms with van der Waals surface area (Å²) in [4.78, 5) is 28.1. The van der Waals surface area contributed by atoms with Crippen LogP contribution in [0, 0.1) is 0 Å². The normalized spacial score (nSPS) is 21.6. The molecule has 0 amide bonds. The van der Waals surface area contributed by atoms with Crippen molar-refractivity contribution in [3.05, 3.63) is 46.0 Å². The van der Waals surface area contributed by atoms with E-state index in [0.29, 0.717) is 18.7 Å². The minimum atomic E-state index is -4.07. The molecule has 28 heavy (non-hydrogen) atoms. The largest absolute Gasteiger partial charge is 0.367 e. The number of allylic oxidation sites excluding steroid dienone is 2. The lowest BCUT2D eigenvalue weighted by atomic mass is 9.92. The molecular weight excluding hydrogens is 376 g/mol. The van der Waals surface area contributed by atoms with Gasteiger partial charge in [-0.3, -0.25) is 9.59 Å². The Morgan fingerprint density at radius 3 is 2.07 bits per heavy atom. The maximum Gasteiger partial charge on any atom is 0.249 e. The van der Waals surface area contributed by atoms with Crippen LogP contribution in [0.2, 0.25) is 0 Å². The van der Waals surface area contributed by atoms with E-state index >= 15 is 0 Å². The van der Waals surface area contributed by atoms with Crippen molar-refractivity contribution in [2.45, 2.75) is 51.0 Å². The summed E-state index contributed by atoms with van der Waals surface area (Å²) < 4.78 is 28.5. The zero-order valence-corrected chi connectivity index (χ0v) is 17.0. The van der Waals surface area contributed by atoms with E-state index in [2.05, 4.69) is 0 Å². The molecule has 1 aliphatic heterocycles. The van der Waals surface area contributed by atoms with E-state index in [1.165, 1.54) is 4.31 Å². The molecule has 0 radical (unpaired) electrons. The Balaban J connectivity index is 1.85. The molecule has 2 fully saturated rings. The number of fused-ring (bicyclic) bond motifs is 1. The van der Waals surface area contributed by atoms with Gasteiger partial charge in [-0.1, -0.05) is 43.5 Å². The number of Topliss-reactive ketones (excluding diaryl/α,β-unsaturated/α-hetero) is 2. The number of sulfonamides is 1. The quantitative estimate of drug-likeness (QED) is 0.774. The van der Waals surface area contributed by atoms with Gasteiger partial charge in [-0.2, -0.15) is 4.31 Å². The Bertz CT molecular complexity index is 939. The molecule has 1 heterocycles. The topological polar surface area (TPSA) is 74.8 Å². The minimum Gasteiger partial charge on any atom is -0.367 e. The second kappa shape index (κ2) is 7.44. The monoisotopic (exact) mass is 402 g/mol. The first kappa shape index (κ1) is 19.3. The predicted octanol–water partition coefficient (Wildman–Crippen LogP) is 2.97. The van der Waals surface area contributed by atoms with Gasteiger partial charge in [0.25, 0.3) is 0 Å². The standard InChI is InChI=1S/C21H26N2O4S/c1-22(15-9-3-2-4-10-15)28(26,27)21-18(23-13-7-8-14-23)19(24)16-11-5-6-12-17(16)20(21)25/h5-6,11-12,15H,2-4,7-10,13-14H2,1H3. The van der Waals surface area contributed by atoms with Gasteiger partial charge in [0.2, 0.25) is 21.6 Å². The lowest BCUT2D eigenvalue weighted by molar-refractivity contribution is 0.0952. The van der Waals surface area contributed by atoms with Crippen LogP contribution in [0.25, 0.3) is 0 Å². The van der Waals surface area contributed by atoms with Crippen molar-refractivity contribution in [3.8, 4) is 0 Å². The van der Waals surface area contributed by atoms with E-state index in [9.17, 15) is 18.0 Å². The third kappa shape index (κ3) is 3.10. The fourth-order valence-electron chi connectivity index (χ4n) is 4.59. The molecule has 0 atom stereocenters. The van der Waals surface area contributed by atoms with Crippen molar-refractivity contribution in [1.29, 1.82) is 0 Å². The van der Waals surface area contributed by atoms with E-state index < -0.39 is 15.8 Å². The van der Waals surface area contributed by atoms with Gasteiger partial charge < -0.3 is 4.90 Å². The molecule has 1 aromatic carbocycles. The summed E-state index contributed by atoms with van der Waals surface area (Å²) in [5, 5.41) is 0. The van der Waals surface area contributed by atoms with E-state index in [-0.39, 0.29) is 28.0 Å². The first-order chi connectivity index (χ1) is 13.4. The second-order valence-electron chi connectivity index (χ2n) is 7.89. The van der Waals surface area contributed by atoms with Gasteiger partial charge >= 0.3 is 0 Å². The lowest BCUT2D eigenvalue weighted by Crippen LogP contribution is -2.43. The Labute approximate surface area is 166 Å². The van der Waals surface area contributed by atoms with Crippen molar-refractivity contribution in [2.75, 3.05) is 20.1 Å². The van der Waals surface area contributed by atoms with Crippen molar-refractivity contribution in [1.82, 2.24) is 9.21 Å². The number of nitrogens with zero attached hydrogens (tertiary/aromatic N) is 2. The van der Waals surface area contributed by atoms with Gasteiger partial charge in [0.15, 0.2) is 4.91 Å². The van der Waals surface area contributed by atoms with E-state index in [0.717, 1.165) is 44.9 Å². The number of carbonyl (C=O) groups excluding carboxylic acids is 2. The van der Waals surface area contributed by atoms with Crippen LogP contribution in [0.3, 0.4) is 0 Å². The van der Waals surface area contributed by atoms with Crippen molar-refractivity contribution in [2.24, 2.45) is 0 Å². The SMILES string of the molecule is CN(C1CCCCC1)S(=O)(=O)C1=C(N2CCCC2)C(=O)c2ccccc2C1=O. The zero-order chi connectivity index (χ0) is 19.9. The molecule has 0 spiro atoms. The molecule has 4 rings (SSSR count). The summed E-state index contributed by atoms with van der Waals surface area (Å²) >= 11 is 0. The van der Waals surface area contributed by atoms with Crippen molar-refractivity contribution < 1.29 is 18.0 Å². The van der Waals surface area contributed by atoms with Crippen LogP contribution < -0.4 is 0 Å². The average molecular weight is 403 g/mol. The Hall–Kier alpha value is -1.99. The van der Waals surface area contributed by atoms with E-state index in [1.54, 1.807) is 36.2 Å². The summed E-state index contributed by atoms with van der Waals surface area (Å²) in [5.41, 5.74) is 0.559. The maximum atomic E-state index is 13.6. The second-order valence-corrected chi connectivity index (χ2v) is 9.82. The molecule has 6 nitrogen and oxygen atoms in total. The molecule has 0 aromatic heterocycles. The zero-order valence-electron chi connectivity index (χ0n) is 16.2. The van der Waals surface area contributed by atoms with Crippen LogP contribution in [0.5, 0.6) is 0 Å². The van der Waals surface area contributed by atoms with Crippen LogP contribution in [0.1, 0.15) is 65.7 Å². The molecule has 1 saturated heterocycles. The van der Waals surface area contributed by atoms with Gasteiger partial charge in [0.1, 0.15) is 5.70 Å². The first-order valence-electron chi connectivity index (χ1n) is 10.1. The van der Waals surface area contributed by atoms with Gasteiger partial charge in [-0.25, -0.2) is 8.42 Å². The van der Waals surface area contributed by atoms with E-state index in [1.807, 2.05) is 0 Å². The average Bonchev–Trinajstić information content (AvgIpc) is 3.24. The fraction of sp³-hybridized carbons (Fsp3) is 0.524. The van der Waals surface area contributed by atoms with Gasteiger partial charge in [-0.15, -0.1) is 0 Å². The fourth-order valence-corrected chi connectivity index (χ4v) is 6.29. The molecule has 150 valence electrons. The molecule has 0 unspecified atom stereocenters. The first-order valence-corrected chi connectivity index (χ1v) is 11.5. The summed E-state index contributed by atoms with van der Waals surface area (Å²) in [7, 11) is -2.52. The van der Waals surface area contributed by atoms with Crippen LogP contribution in [0.4, 0.5) is 0 Å². The number of hydrogen-bond acceptors (Lipinski definition) is 5. The van der Waals surface area contributed by atoms with Gasteiger partial charge in [0, 0.05) is 37.3 Å². The molecule has 1 aromatic rings. The number of rotatable bonds is 4. The Morgan fingerprint density at radius 1 is 0.893 bits per heavy atom. The highest BCUT2D eigenvalue weighted by molar-refractivity contribution is 7.94. The molecular formula is C21H26N2O4S. The summed E-state index contributed by atoms with van der Waals surface area (Å²) in [6.07, 6.45) is 6.44. The van der Waals surface area contributed by atoms with Crippen molar-refractivity contribution >= 4 is 21.6 Å². The number of ketones is 2. The maximum absolute atomic E-state index is 13.6. The third-order valence-corrected chi connectivity index (χ3v) is 8.15. The van der Waals surface area contributed by atoms with Crippen molar-refractivity contribution in [3.63, 3.8) is 0 Å². The highest BCUT2D eigenvalue weighted by Crippen LogP contribution is 2.35. The highest BCUT2D eigenvalue weighted by atomic mass is 32.2. The number of hydrogen-bond donors (Lipinski definition) is 0. The predicted molar refractivity (Wildman–Crippen MR) is 106 cm³/mol. The highest BCUT2D eigenvalue weighted by Gasteiger charge is 2.44. The van der Waals surface area contributed by atoms with Crippen LogP contribution in [-0.2, 0) is 10.0 Å². The number of likely N-dealkylation sites (tertiary alicyclic amines) is 1. The molecule has 2 aliphatic carbocycles. The van der Waals surface area contributed by atoms with Gasteiger partial charge in [-0.05, 0) is 25.7 Å². The Kier molecular flexibility index (Phi) is 5.14. The smallest absolute Gasteiger partial charge is 0.249 e. The summed E-state index contributed by atoms with van der Waals surface area (Å²) in [6, 6.07) is 6.41. The third-order valence-electron chi connectivity index (χ3n) is 6.20. The minimum absolute atomic E-state index is 0.0730. The van der Waals surface area contributed by atoms with Gasteiger partial charge in [0.05, 0.1) is 0 Å². The molecule has 0 N–H and O–H groups in total. The van der Waals surface area contributed by atoms with Crippen LogP contribution in [0.15, 0.2) is 34.9 Å². The molecule has 7 heteroatoms. The number of benzene rings is 1. The lowest BCUT2D eigenvalue weighted by Gasteiger charge is -2.33. The Morgan fingerprint density at radius 2 is 1.46 bits per heavy atom. The number of carbonyl (C=O) groups is 2. The van der Waals surface area contributed by atoms with E-state index in [4.69, 9.17) is 0 Å². The summed E-state index contributed by atoms with van der Waals surface area (Å²) in [6.45, 7) is 1.20. The van der Waals surface area contributed by atoms with Crippen LogP contribution >= 0.6 is 0 Å². The molecule has 3 aliphatic rings. The van der Waals surface area contributed by atoms with Crippen LogP contribution in [-0.4, -0.2) is 55.4 Å². The molecule has 1 saturated carbocycles. The molecule has 0 bridgehead atoms.